The van der Waals surface area contributed by atoms with Gasteiger partial charge in [0, 0.05) is 17.0 Å². The molecule has 0 spiro atoms. The number of halogens is 2. The number of hydrogen-bond acceptors (Lipinski definition) is 3. The number of anilines is 2. The quantitative estimate of drug-likeness (QED) is 0.882. The third-order valence-electron chi connectivity index (χ3n) is 3.28. The van der Waals surface area contributed by atoms with Crippen molar-refractivity contribution in [2.75, 3.05) is 10.6 Å². The molecule has 0 unspecified atom stereocenters. The van der Waals surface area contributed by atoms with E-state index in [0.717, 1.165) is 10.6 Å². The van der Waals surface area contributed by atoms with Gasteiger partial charge in [0.05, 0.1) is 16.0 Å². The Labute approximate surface area is 141 Å². The second-order valence-electron chi connectivity index (χ2n) is 4.97. The standard InChI is InChI=1S/C16H12ClFN2O2S/c17-10-7-9(5-6-11(10)18)19-15(21)8-14-16(22)20-12-3-1-2-4-13(12)23-14/h1-7,14H,8H2,(H,19,21)(H,20,22)/t14-/m1/s1. The van der Waals surface area contributed by atoms with Gasteiger partial charge in [0.25, 0.3) is 0 Å². The largest absolute Gasteiger partial charge is 0.326 e. The van der Waals surface area contributed by atoms with Crippen LogP contribution in [-0.2, 0) is 9.59 Å². The van der Waals surface area contributed by atoms with Crippen molar-refractivity contribution >= 4 is 46.6 Å². The first-order valence-electron chi connectivity index (χ1n) is 6.84. The van der Waals surface area contributed by atoms with Gasteiger partial charge in [-0.1, -0.05) is 23.7 Å². The predicted octanol–water partition coefficient (Wildman–Crippen LogP) is 3.92. The molecule has 23 heavy (non-hydrogen) atoms. The van der Waals surface area contributed by atoms with Gasteiger partial charge in [-0.15, -0.1) is 11.8 Å². The van der Waals surface area contributed by atoms with E-state index >= 15 is 0 Å². The molecule has 2 amide bonds. The number of rotatable bonds is 3. The molecule has 0 radical (unpaired) electrons. The molecule has 0 saturated heterocycles. The zero-order valence-corrected chi connectivity index (χ0v) is 13.4. The molecule has 4 nitrogen and oxygen atoms in total. The highest BCUT2D eigenvalue weighted by Crippen LogP contribution is 2.36. The molecule has 1 heterocycles. The zero-order chi connectivity index (χ0) is 16.4. The van der Waals surface area contributed by atoms with Crippen molar-refractivity contribution in [1.82, 2.24) is 0 Å². The van der Waals surface area contributed by atoms with Crippen LogP contribution in [0.15, 0.2) is 47.4 Å². The van der Waals surface area contributed by atoms with Crippen LogP contribution in [0.4, 0.5) is 15.8 Å². The van der Waals surface area contributed by atoms with Gasteiger partial charge < -0.3 is 10.6 Å². The Hall–Kier alpha value is -2.05. The Morgan fingerprint density at radius 2 is 2.09 bits per heavy atom. The van der Waals surface area contributed by atoms with E-state index in [9.17, 15) is 14.0 Å². The van der Waals surface area contributed by atoms with E-state index < -0.39 is 11.1 Å². The monoisotopic (exact) mass is 350 g/mol. The number of thioether (sulfide) groups is 1. The number of nitrogens with one attached hydrogen (secondary N) is 2. The summed E-state index contributed by atoms with van der Waals surface area (Å²) in [5.74, 6) is -1.09. The fourth-order valence-corrected chi connectivity index (χ4v) is 3.47. The zero-order valence-electron chi connectivity index (χ0n) is 11.8. The summed E-state index contributed by atoms with van der Waals surface area (Å²) >= 11 is 7.02. The molecule has 118 valence electrons. The number of benzene rings is 2. The smallest absolute Gasteiger partial charge is 0.238 e. The lowest BCUT2D eigenvalue weighted by Gasteiger charge is -2.23. The summed E-state index contributed by atoms with van der Waals surface area (Å²) in [5, 5.41) is 4.82. The second-order valence-corrected chi connectivity index (χ2v) is 6.62. The first-order chi connectivity index (χ1) is 11.0. The minimum atomic E-state index is -0.552. The summed E-state index contributed by atoms with van der Waals surface area (Å²) in [7, 11) is 0. The summed E-state index contributed by atoms with van der Waals surface area (Å²) in [5.41, 5.74) is 1.15. The number of carbonyl (C=O) groups excluding carboxylic acids is 2. The first-order valence-corrected chi connectivity index (χ1v) is 8.10. The van der Waals surface area contributed by atoms with E-state index in [0.29, 0.717) is 5.69 Å². The van der Waals surface area contributed by atoms with Gasteiger partial charge in [0.1, 0.15) is 5.82 Å². The fourth-order valence-electron chi connectivity index (χ4n) is 2.18. The van der Waals surface area contributed by atoms with E-state index in [1.54, 1.807) is 0 Å². The predicted molar refractivity (Wildman–Crippen MR) is 89.4 cm³/mol. The lowest BCUT2D eigenvalue weighted by atomic mass is 10.2. The van der Waals surface area contributed by atoms with Gasteiger partial charge in [0.15, 0.2) is 0 Å². The van der Waals surface area contributed by atoms with E-state index in [-0.39, 0.29) is 23.3 Å². The maximum Gasteiger partial charge on any atom is 0.238 e. The highest BCUT2D eigenvalue weighted by Gasteiger charge is 2.28. The second kappa shape index (κ2) is 6.60. The Bertz CT molecular complexity index is 784. The Morgan fingerprint density at radius 3 is 2.87 bits per heavy atom. The van der Waals surface area contributed by atoms with Gasteiger partial charge in [-0.2, -0.15) is 0 Å². The van der Waals surface area contributed by atoms with Crippen LogP contribution in [0, 0.1) is 5.82 Å². The summed E-state index contributed by atoms with van der Waals surface area (Å²) in [6.07, 6.45) is 0.0137. The highest BCUT2D eigenvalue weighted by atomic mass is 35.5. The Balaban J connectivity index is 1.66. The average Bonchev–Trinajstić information content (AvgIpc) is 2.51. The minimum Gasteiger partial charge on any atom is -0.326 e. The molecular formula is C16H12ClFN2O2S. The number of carbonyl (C=O) groups is 2. The summed E-state index contributed by atoms with van der Waals surface area (Å²) in [4.78, 5) is 25.1. The lowest BCUT2D eigenvalue weighted by Crippen LogP contribution is -2.32. The van der Waals surface area contributed by atoms with Gasteiger partial charge in [-0.05, 0) is 30.3 Å². The highest BCUT2D eigenvalue weighted by molar-refractivity contribution is 8.01. The summed E-state index contributed by atoms with van der Waals surface area (Å²) in [6, 6.07) is 11.4. The average molecular weight is 351 g/mol. The molecule has 3 rings (SSSR count). The SMILES string of the molecule is O=C(C[C@H]1Sc2ccccc2NC1=O)Nc1ccc(F)c(Cl)c1. The number of hydrogen-bond donors (Lipinski definition) is 2. The third-order valence-corrected chi connectivity index (χ3v) is 4.85. The van der Waals surface area contributed by atoms with Gasteiger partial charge in [0.2, 0.25) is 11.8 Å². The fraction of sp³-hybridized carbons (Fsp3) is 0.125. The molecule has 2 N–H and O–H groups in total. The van der Waals surface area contributed by atoms with Crippen molar-refractivity contribution in [3.05, 3.63) is 53.3 Å². The van der Waals surface area contributed by atoms with Crippen LogP contribution in [-0.4, -0.2) is 17.1 Å². The number of amides is 2. The van der Waals surface area contributed by atoms with Crippen molar-refractivity contribution in [2.45, 2.75) is 16.6 Å². The van der Waals surface area contributed by atoms with Crippen LogP contribution in [0.3, 0.4) is 0 Å². The molecule has 0 saturated carbocycles. The van der Waals surface area contributed by atoms with Crippen LogP contribution >= 0.6 is 23.4 Å². The Morgan fingerprint density at radius 1 is 1.30 bits per heavy atom. The summed E-state index contributed by atoms with van der Waals surface area (Å²) < 4.78 is 13.1. The minimum absolute atomic E-state index is 0.0137. The van der Waals surface area contributed by atoms with Crippen molar-refractivity contribution in [3.63, 3.8) is 0 Å². The summed E-state index contributed by atoms with van der Waals surface area (Å²) in [6.45, 7) is 0. The van der Waals surface area contributed by atoms with E-state index in [1.807, 2.05) is 24.3 Å². The molecule has 0 aliphatic carbocycles. The van der Waals surface area contributed by atoms with E-state index in [1.165, 1.54) is 30.0 Å². The topological polar surface area (TPSA) is 58.2 Å². The van der Waals surface area contributed by atoms with Gasteiger partial charge in [-0.25, -0.2) is 4.39 Å². The van der Waals surface area contributed by atoms with Crippen molar-refractivity contribution in [3.8, 4) is 0 Å². The van der Waals surface area contributed by atoms with Crippen LogP contribution in [0.5, 0.6) is 0 Å². The van der Waals surface area contributed by atoms with Gasteiger partial charge in [-0.3, -0.25) is 9.59 Å². The van der Waals surface area contributed by atoms with Gasteiger partial charge >= 0.3 is 0 Å². The normalized spacial score (nSPS) is 16.4. The van der Waals surface area contributed by atoms with E-state index in [2.05, 4.69) is 10.6 Å². The molecule has 2 aromatic rings. The Kier molecular flexibility index (Phi) is 4.54. The number of fused-ring (bicyclic) bond motifs is 1. The van der Waals surface area contributed by atoms with E-state index in [4.69, 9.17) is 11.6 Å². The molecule has 0 fully saturated rings. The van der Waals surface area contributed by atoms with Crippen LogP contribution in [0.2, 0.25) is 5.02 Å². The number of para-hydroxylation sites is 1. The molecule has 7 heteroatoms. The van der Waals surface area contributed by atoms with Crippen molar-refractivity contribution in [2.24, 2.45) is 0 Å². The molecule has 0 aromatic heterocycles. The third kappa shape index (κ3) is 3.65. The molecule has 1 atom stereocenters. The maximum atomic E-state index is 13.1. The molecule has 2 aromatic carbocycles. The maximum absolute atomic E-state index is 13.1. The molecule has 0 bridgehead atoms. The van der Waals surface area contributed by atoms with Crippen LogP contribution in [0.1, 0.15) is 6.42 Å². The van der Waals surface area contributed by atoms with Crippen molar-refractivity contribution < 1.29 is 14.0 Å². The van der Waals surface area contributed by atoms with Crippen LogP contribution in [0.25, 0.3) is 0 Å². The molecule has 1 aliphatic rings. The lowest BCUT2D eigenvalue weighted by molar-refractivity contribution is -0.120. The van der Waals surface area contributed by atoms with Crippen LogP contribution < -0.4 is 10.6 Å². The first kappa shape index (κ1) is 15.8. The molecule has 1 aliphatic heterocycles. The molecular weight excluding hydrogens is 339 g/mol. The van der Waals surface area contributed by atoms with Crippen molar-refractivity contribution in [1.29, 1.82) is 0 Å².